The van der Waals surface area contributed by atoms with Gasteiger partial charge in [-0.15, -0.1) is 0 Å². The molecule has 1 aliphatic carbocycles. The maximum Gasteiger partial charge on any atom is 0.251 e. The average molecular weight is 688 g/mol. The van der Waals surface area contributed by atoms with Crippen LogP contribution in [-0.2, 0) is 22.6 Å². The number of nitrogens with one attached hydrogen (secondary N) is 1. The van der Waals surface area contributed by atoms with Crippen LogP contribution in [0.5, 0.6) is 17.2 Å². The second kappa shape index (κ2) is 13.4. The number of aliphatic hydroxyl groups is 1. The first-order valence-electron chi connectivity index (χ1n) is 15.6. The number of aromatic nitrogens is 3. The maximum absolute atomic E-state index is 14.8. The summed E-state index contributed by atoms with van der Waals surface area (Å²) >= 11 is 6.76. The predicted molar refractivity (Wildman–Crippen MR) is 182 cm³/mol. The van der Waals surface area contributed by atoms with Crippen molar-refractivity contribution < 1.29 is 33.3 Å². The highest BCUT2D eigenvalue weighted by Gasteiger charge is 2.46. The molecule has 13 heteroatoms. The number of fused-ring (bicyclic) bond motifs is 1. The Morgan fingerprint density at radius 2 is 1.82 bits per heavy atom. The van der Waals surface area contributed by atoms with E-state index in [0.717, 1.165) is 0 Å². The molecule has 11 nitrogen and oxygen atoms in total. The number of halogens is 2. The van der Waals surface area contributed by atoms with Gasteiger partial charge in [-0.25, -0.2) is 14.1 Å². The van der Waals surface area contributed by atoms with Crippen LogP contribution < -0.4 is 25.3 Å². The van der Waals surface area contributed by atoms with Crippen molar-refractivity contribution in [1.82, 2.24) is 20.1 Å². The van der Waals surface area contributed by atoms with Crippen LogP contribution in [0.2, 0.25) is 5.02 Å². The van der Waals surface area contributed by atoms with Gasteiger partial charge in [-0.05, 0) is 36.8 Å². The van der Waals surface area contributed by atoms with E-state index >= 15 is 0 Å². The Kier molecular flexibility index (Phi) is 9.19. The fraction of sp³-hybridized carbons (Fsp3) is 0.278. The lowest BCUT2D eigenvalue weighted by Gasteiger charge is -2.30. The number of carbonyl (C=O) groups is 2. The Bertz CT molecular complexity index is 2050. The van der Waals surface area contributed by atoms with Crippen molar-refractivity contribution in [3.63, 3.8) is 0 Å². The van der Waals surface area contributed by atoms with E-state index in [1.807, 2.05) is 0 Å². The number of ether oxygens (including phenoxy) is 3. The highest BCUT2D eigenvalue weighted by Crippen LogP contribution is 2.46. The second-order valence-corrected chi connectivity index (χ2v) is 12.1. The van der Waals surface area contributed by atoms with Gasteiger partial charge in [0.2, 0.25) is 11.7 Å². The average Bonchev–Trinajstić information content (AvgIpc) is 3.70. The van der Waals surface area contributed by atoms with E-state index in [9.17, 15) is 19.1 Å². The van der Waals surface area contributed by atoms with E-state index in [2.05, 4.69) is 10.4 Å². The Morgan fingerprint density at radius 1 is 1.08 bits per heavy atom. The van der Waals surface area contributed by atoms with Gasteiger partial charge in [0, 0.05) is 41.1 Å². The summed E-state index contributed by atoms with van der Waals surface area (Å²) in [6.07, 6.45) is 2.05. The van der Waals surface area contributed by atoms with E-state index in [1.165, 1.54) is 25.0 Å². The van der Waals surface area contributed by atoms with Crippen molar-refractivity contribution in [2.75, 3.05) is 27.4 Å². The largest absolute Gasteiger partial charge is 0.495 e. The molecule has 1 saturated carbocycles. The first-order chi connectivity index (χ1) is 23.5. The smallest absolute Gasteiger partial charge is 0.251 e. The number of primary amides is 1. The van der Waals surface area contributed by atoms with E-state index in [0.29, 0.717) is 51.9 Å². The number of amides is 2. The summed E-state index contributed by atoms with van der Waals surface area (Å²) in [7, 11) is 2.93. The molecule has 0 aliphatic heterocycles. The monoisotopic (exact) mass is 687 g/mol. The molecule has 1 atom stereocenters. The molecule has 4 N–H and O–H groups in total. The molecule has 0 spiro atoms. The molecule has 5 aromatic rings. The van der Waals surface area contributed by atoms with Crippen molar-refractivity contribution >= 4 is 34.3 Å². The van der Waals surface area contributed by atoms with Crippen molar-refractivity contribution in [1.29, 1.82) is 0 Å². The van der Waals surface area contributed by atoms with Crippen LogP contribution in [0.4, 0.5) is 4.39 Å². The number of nitrogens with zero attached hydrogens (tertiary/aromatic N) is 3. The molecule has 2 amide bonds. The minimum absolute atomic E-state index is 0.0968. The van der Waals surface area contributed by atoms with Crippen molar-refractivity contribution in [3.8, 4) is 28.5 Å². The Labute approximate surface area is 286 Å². The number of carbonyl (C=O) groups excluding carboxylic acids is 2. The van der Waals surface area contributed by atoms with Crippen LogP contribution in [0.15, 0.2) is 72.9 Å². The zero-order valence-corrected chi connectivity index (χ0v) is 27.9. The standard InChI is InChI=1S/C36H35ClFN5O6/c1-4-49-33-21(18-29(39)44)17-28(41-32(33)25-11-8-12-26(47-2)30(25)37)36(46,24-9-6-5-7-10-24)20-40-34(45)22-15-23-19-43(35(38)13-14-35)42-31(23)27(16-22)48-3/h5-12,15-17,19,46H,4,13-14,18,20H2,1-3H3,(H2,39,44)(H,40,45)/t36-/m1/s1. The van der Waals surface area contributed by atoms with Gasteiger partial charge in [0.25, 0.3) is 5.91 Å². The van der Waals surface area contributed by atoms with E-state index < -0.39 is 23.2 Å². The molecule has 0 radical (unpaired) electrons. The van der Waals surface area contributed by atoms with Gasteiger partial charge in [0.05, 0.1) is 44.5 Å². The number of nitrogens with two attached hydrogens (primary N) is 1. The normalized spacial score (nSPS) is 14.6. The van der Waals surface area contributed by atoms with E-state index in [1.54, 1.807) is 73.8 Å². The zero-order chi connectivity index (χ0) is 34.9. The first kappa shape index (κ1) is 33.7. The summed E-state index contributed by atoms with van der Waals surface area (Å²) in [6, 6.07) is 18.5. The summed E-state index contributed by atoms with van der Waals surface area (Å²) in [5.41, 5.74) is 5.91. The maximum atomic E-state index is 14.8. The van der Waals surface area contributed by atoms with Crippen molar-refractivity contribution in [2.24, 2.45) is 5.73 Å². The Morgan fingerprint density at radius 3 is 2.47 bits per heavy atom. The molecule has 2 aromatic heterocycles. The van der Waals surface area contributed by atoms with Crippen molar-refractivity contribution in [2.45, 2.75) is 37.6 Å². The van der Waals surface area contributed by atoms with Gasteiger partial charge in [-0.1, -0.05) is 54.1 Å². The van der Waals surface area contributed by atoms with E-state index in [-0.39, 0.29) is 47.3 Å². The molecular formula is C36H35ClFN5O6. The van der Waals surface area contributed by atoms with Gasteiger partial charge in [0.1, 0.15) is 34.1 Å². The summed E-state index contributed by atoms with van der Waals surface area (Å²) in [4.78, 5) is 30.9. The molecule has 0 bridgehead atoms. The highest BCUT2D eigenvalue weighted by molar-refractivity contribution is 6.34. The molecule has 254 valence electrons. The SMILES string of the molecule is CCOc1c(CC(N)=O)cc([C@@](O)(CNC(=O)c2cc(OC)c3nn(C4(F)CC4)cc3c2)c2ccccc2)nc1-c1cccc(OC)c1Cl. The predicted octanol–water partition coefficient (Wildman–Crippen LogP) is 5.28. The van der Waals surface area contributed by atoms with Crippen LogP contribution in [0.1, 0.15) is 46.9 Å². The van der Waals surface area contributed by atoms with Gasteiger partial charge < -0.3 is 30.4 Å². The number of rotatable bonds is 13. The minimum Gasteiger partial charge on any atom is -0.495 e. The van der Waals surface area contributed by atoms with Crippen LogP contribution in [0.25, 0.3) is 22.2 Å². The molecule has 49 heavy (non-hydrogen) atoms. The van der Waals surface area contributed by atoms with Gasteiger partial charge in [-0.2, -0.15) is 5.10 Å². The molecule has 6 rings (SSSR count). The number of methoxy groups -OCH3 is 2. The Balaban J connectivity index is 1.45. The number of alkyl halides is 1. The van der Waals surface area contributed by atoms with Gasteiger partial charge in [0.15, 0.2) is 0 Å². The van der Waals surface area contributed by atoms with Gasteiger partial charge in [-0.3, -0.25) is 9.59 Å². The first-order valence-corrected chi connectivity index (χ1v) is 16.0. The topological polar surface area (TPSA) is 151 Å². The van der Waals surface area contributed by atoms with Crippen LogP contribution in [0.3, 0.4) is 0 Å². The molecule has 1 aliphatic rings. The van der Waals surface area contributed by atoms with Crippen LogP contribution >= 0.6 is 11.6 Å². The van der Waals surface area contributed by atoms with Gasteiger partial charge >= 0.3 is 0 Å². The molecule has 0 saturated heterocycles. The summed E-state index contributed by atoms with van der Waals surface area (Å²) in [5.74, 6) is -1.76. The zero-order valence-electron chi connectivity index (χ0n) is 27.1. The number of benzene rings is 3. The Hall–Kier alpha value is -5.20. The van der Waals surface area contributed by atoms with Crippen LogP contribution in [-0.4, -0.2) is 59.1 Å². The van der Waals surface area contributed by atoms with Crippen LogP contribution in [0, 0.1) is 0 Å². The number of hydrogen-bond donors (Lipinski definition) is 3. The molecule has 3 aromatic carbocycles. The summed E-state index contributed by atoms with van der Waals surface area (Å²) in [6.45, 7) is 1.68. The lowest BCUT2D eigenvalue weighted by molar-refractivity contribution is -0.117. The second-order valence-electron chi connectivity index (χ2n) is 11.8. The minimum atomic E-state index is -1.93. The van der Waals surface area contributed by atoms with E-state index in [4.69, 9.17) is 36.5 Å². The summed E-state index contributed by atoms with van der Waals surface area (Å²) in [5, 5.41) is 20.5. The lowest BCUT2D eigenvalue weighted by atomic mass is 9.87. The third kappa shape index (κ3) is 6.49. The molecule has 0 unspecified atom stereocenters. The quantitative estimate of drug-likeness (QED) is 0.151. The third-order valence-corrected chi connectivity index (χ3v) is 8.84. The van der Waals surface area contributed by atoms with Crippen molar-refractivity contribution in [3.05, 3.63) is 100 Å². The molecule has 1 fully saturated rings. The molecular weight excluding hydrogens is 653 g/mol. The fourth-order valence-electron chi connectivity index (χ4n) is 5.75. The number of pyridine rings is 1. The highest BCUT2D eigenvalue weighted by atomic mass is 35.5. The number of hydrogen-bond acceptors (Lipinski definition) is 8. The molecule has 2 heterocycles. The lowest BCUT2D eigenvalue weighted by Crippen LogP contribution is -2.42. The third-order valence-electron chi connectivity index (χ3n) is 8.45. The summed E-state index contributed by atoms with van der Waals surface area (Å²) < 4.78 is 33.0. The fourth-order valence-corrected chi connectivity index (χ4v) is 6.04.